The maximum Gasteiger partial charge on any atom is 0.344 e. The number of rotatable bonds is 3. The maximum atomic E-state index is 13.8. The van der Waals surface area contributed by atoms with Crippen LogP contribution in [0.15, 0.2) is 11.6 Å². The number of ether oxygens (including phenoxy) is 2. The van der Waals surface area contributed by atoms with Crippen LogP contribution in [0, 0.1) is 50.2 Å². The monoisotopic (exact) mass is 528 g/mol. The lowest BCUT2D eigenvalue weighted by atomic mass is 9.33. The molecule has 1 N–H and O–H groups in total. The van der Waals surface area contributed by atoms with Gasteiger partial charge < -0.3 is 14.6 Å². The molecule has 0 aromatic rings. The van der Waals surface area contributed by atoms with E-state index < -0.39 is 11.4 Å². The van der Waals surface area contributed by atoms with Gasteiger partial charge in [0, 0.05) is 0 Å². The Morgan fingerprint density at radius 2 is 1.61 bits per heavy atom. The van der Waals surface area contributed by atoms with Gasteiger partial charge in [-0.1, -0.05) is 60.1 Å². The molecule has 0 amide bonds. The Labute approximate surface area is 230 Å². The number of fused-ring (bicyclic) bond motifs is 7. The third-order valence-electron chi connectivity index (χ3n) is 13.6. The largest absolute Gasteiger partial charge is 0.466 e. The van der Waals surface area contributed by atoms with Crippen molar-refractivity contribution in [3.63, 3.8) is 0 Å². The van der Waals surface area contributed by atoms with Gasteiger partial charge in [-0.15, -0.1) is 0 Å². The zero-order chi connectivity index (χ0) is 27.9. The molecular formula is C33H52O5. The Kier molecular flexibility index (Phi) is 6.54. The first-order valence-electron chi connectivity index (χ1n) is 15.2. The Bertz CT molecular complexity index is 1030. The first-order valence-corrected chi connectivity index (χ1v) is 15.2. The first-order chi connectivity index (χ1) is 17.6. The number of aliphatic hydroxyl groups is 1. The zero-order valence-corrected chi connectivity index (χ0v) is 25.2. The number of aliphatic hydroxyl groups excluding tert-OH is 1. The smallest absolute Gasteiger partial charge is 0.344 e. The van der Waals surface area contributed by atoms with E-state index in [9.17, 15) is 14.7 Å². The molecule has 4 fully saturated rings. The summed E-state index contributed by atoms with van der Waals surface area (Å²) in [6.45, 7) is 16.6. The molecule has 0 unspecified atom stereocenters. The molecule has 0 radical (unpaired) electrons. The topological polar surface area (TPSA) is 72.8 Å². The molecule has 5 heteroatoms. The van der Waals surface area contributed by atoms with Gasteiger partial charge in [0.15, 0.2) is 6.61 Å². The number of esters is 2. The fraction of sp³-hybridized carbons (Fsp3) is 0.879. The van der Waals surface area contributed by atoms with Crippen molar-refractivity contribution in [2.45, 2.75) is 119 Å². The molecule has 0 aliphatic heterocycles. The van der Waals surface area contributed by atoms with E-state index in [2.05, 4.69) is 54.5 Å². The number of hydrogen-bond acceptors (Lipinski definition) is 5. The third-order valence-corrected chi connectivity index (χ3v) is 13.6. The molecule has 0 heterocycles. The van der Waals surface area contributed by atoms with Crippen LogP contribution in [0.5, 0.6) is 0 Å². The highest BCUT2D eigenvalue weighted by molar-refractivity contribution is 5.81. The minimum Gasteiger partial charge on any atom is -0.466 e. The van der Waals surface area contributed by atoms with E-state index in [4.69, 9.17) is 9.47 Å². The lowest BCUT2D eigenvalue weighted by Gasteiger charge is -2.71. The van der Waals surface area contributed by atoms with Crippen LogP contribution in [0.4, 0.5) is 0 Å². The summed E-state index contributed by atoms with van der Waals surface area (Å²) in [6.07, 6.45) is 12.4. The van der Waals surface area contributed by atoms with E-state index in [1.54, 1.807) is 0 Å². The molecule has 0 bridgehead atoms. The van der Waals surface area contributed by atoms with Crippen molar-refractivity contribution in [3.05, 3.63) is 11.6 Å². The summed E-state index contributed by atoms with van der Waals surface area (Å²) in [7, 11) is 1.33. The molecule has 5 aliphatic carbocycles. The van der Waals surface area contributed by atoms with E-state index in [0.29, 0.717) is 11.8 Å². The predicted octanol–water partition coefficient (Wildman–Crippen LogP) is 6.87. The normalized spacial score (nSPS) is 46.8. The second-order valence-corrected chi connectivity index (χ2v) is 15.9. The van der Waals surface area contributed by atoms with Gasteiger partial charge in [-0.25, -0.2) is 4.79 Å². The molecule has 5 nitrogen and oxygen atoms in total. The molecular weight excluding hydrogens is 476 g/mol. The average Bonchev–Trinajstić information content (AvgIpc) is 2.85. The second kappa shape index (κ2) is 8.82. The lowest BCUT2D eigenvalue weighted by Crippen LogP contribution is -2.65. The summed E-state index contributed by atoms with van der Waals surface area (Å²) >= 11 is 0. The summed E-state index contributed by atoms with van der Waals surface area (Å²) in [4.78, 5) is 25.6. The molecule has 4 saturated carbocycles. The average molecular weight is 529 g/mol. The van der Waals surface area contributed by atoms with Crippen LogP contribution in [-0.4, -0.2) is 36.9 Å². The van der Waals surface area contributed by atoms with Crippen molar-refractivity contribution in [1.82, 2.24) is 0 Å². The van der Waals surface area contributed by atoms with Crippen molar-refractivity contribution in [3.8, 4) is 0 Å². The first kappa shape index (κ1) is 28.2. The Morgan fingerprint density at radius 1 is 0.921 bits per heavy atom. The number of methoxy groups -OCH3 is 1. The Morgan fingerprint density at radius 3 is 2.29 bits per heavy atom. The van der Waals surface area contributed by atoms with E-state index in [-0.39, 0.29) is 51.7 Å². The maximum absolute atomic E-state index is 13.8. The van der Waals surface area contributed by atoms with Crippen LogP contribution in [-0.2, 0) is 19.1 Å². The molecule has 38 heavy (non-hydrogen) atoms. The fourth-order valence-electron chi connectivity index (χ4n) is 10.9. The molecule has 0 aromatic heterocycles. The van der Waals surface area contributed by atoms with Crippen molar-refractivity contribution in [1.29, 1.82) is 0 Å². The van der Waals surface area contributed by atoms with E-state index in [1.807, 2.05) is 0 Å². The van der Waals surface area contributed by atoms with Gasteiger partial charge in [-0.3, -0.25) is 4.79 Å². The number of carbonyl (C=O) groups is 2. The van der Waals surface area contributed by atoms with Gasteiger partial charge in [0.1, 0.15) is 0 Å². The number of carbonyl (C=O) groups excluding carboxylic acids is 2. The Balaban J connectivity index is 1.54. The highest BCUT2D eigenvalue weighted by Gasteiger charge is 2.69. The van der Waals surface area contributed by atoms with E-state index in [1.165, 1.54) is 25.5 Å². The highest BCUT2D eigenvalue weighted by atomic mass is 16.6. The van der Waals surface area contributed by atoms with Crippen LogP contribution in [0.3, 0.4) is 0 Å². The SMILES string of the molecule is COC(=O)COC(=O)[C@]12CCC(C)(C)C[C@H]1C1=CC[C@@H]3[C@@]4(C)CC[C@H](O)C(C)(C)[C@@H]4CC[C@@]3(C)[C@]1(C)CC2. The minimum atomic E-state index is -0.546. The predicted molar refractivity (Wildman–Crippen MR) is 148 cm³/mol. The van der Waals surface area contributed by atoms with E-state index in [0.717, 1.165) is 51.4 Å². The van der Waals surface area contributed by atoms with Gasteiger partial charge in [0.25, 0.3) is 0 Å². The van der Waals surface area contributed by atoms with Crippen molar-refractivity contribution < 1.29 is 24.2 Å². The van der Waals surface area contributed by atoms with Crippen LogP contribution in [0.2, 0.25) is 0 Å². The minimum absolute atomic E-state index is 0.0360. The van der Waals surface area contributed by atoms with Gasteiger partial charge in [-0.05, 0) is 109 Å². The van der Waals surface area contributed by atoms with E-state index >= 15 is 0 Å². The third kappa shape index (κ3) is 3.72. The van der Waals surface area contributed by atoms with Gasteiger partial charge in [0.2, 0.25) is 0 Å². The summed E-state index contributed by atoms with van der Waals surface area (Å²) in [5.41, 5.74) is 1.47. The lowest BCUT2D eigenvalue weighted by molar-refractivity contribution is -0.206. The van der Waals surface area contributed by atoms with Crippen molar-refractivity contribution in [2.75, 3.05) is 13.7 Å². The van der Waals surface area contributed by atoms with Crippen LogP contribution >= 0.6 is 0 Å². The summed E-state index contributed by atoms with van der Waals surface area (Å²) in [5.74, 6) is 0.561. The van der Waals surface area contributed by atoms with Gasteiger partial charge >= 0.3 is 11.9 Å². The molecule has 214 valence electrons. The number of hydrogen-bond donors (Lipinski definition) is 1. The van der Waals surface area contributed by atoms with Crippen LogP contribution in [0.25, 0.3) is 0 Å². The number of allylic oxidation sites excluding steroid dienone is 2. The van der Waals surface area contributed by atoms with Crippen molar-refractivity contribution >= 4 is 11.9 Å². The quantitative estimate of drug-likeness (QED) is 0.320. The molecule has 0 spiro atoms. The van der Waals surface area contributed by atoms with Crippen LogP contribution < -0.4 is 0 Å². The van der Waals surface area contributed by atoms with Crippen LogP contribution in [0.1, 0.15) is 113 Å². The van der Waals surface area contributed by atoms with Gasteiger partial charge in [0.05, 0.1) is 18.6 Å². The summed E-state index contributed by atoms with van der Waals surface area (Å²) in [6, 6.07) is 0. The fourth-order valence-corrected chi connectivity index (χ4v) is 10.9. The van der Waals surface area contributed by atoms with Gasteiger partial charge in [-0.2, -0.15) is 0 Å². The molecule has 0 saturated heterocycles. The highest BCUT2D eigenvalue weighted by Crippen LogP contribution is 2.75. The standard InChI is InChI=1S/C33H52O5/c1-28(2)15-17-33(27(36)38-20-26(35)37-8)18-16-31(6)21(22(33)19-28)9-10-24-30(5)13-12-25(34)29(3,4)23(30)11-14-32(24,31)7/h9,22-25,34H,10-20H2,1-8H3/t22-,23-,24+,25-,30-,31+,32+,33-/m0/s1. The molecule has 0 aromatic carbocycles. The molecule has 5 rings (SSSR count). The summed E-state index contributed by atoms with van der Waals surface area (Å²) in [5, 5.41) is 11.0. The van der Waals surface area contributed by atoms with Crippen molar-refractivity contribution in [2.24, 2.45) is 50.2 Å². The molecule has 8 atom stereocenters. The molecule has 5 aliphatic rings. The Hall–Kier alpha value is -1.36. The zero-order valence-electron chi connectivity index (χ0n) is 25.2. The second-order valence-electron chi connectivity index (χ2n) is 15.9. The summed E-state index contributed by atoms with van der Waals surface area (Å²) < 4.78 is 10.4.